The number of nitriles is 1. The summed E-state index contributed by atoms with van der Waals surface area (Å²) in [6, 6.07) is 16.0. The van der Waals surface area contributed by atoms with E-state index in [1.165, 1.54) is 6.20 Å². The van der Waals surface area contributed by atoms with E-state index in [-0.39, 0.29) is 10.7 Å². The van der Waals surface area contributed by atoms with E-state index in [0.29, 0.717) is 5.82 Å². The van der Waals surface area contributed by atoms with Crippen molar-refractivity contribution in [1.29, 1.82) is 5.26 Å². The Morgan fingerprint density at radius 2 is 1.84 bits per heavy atom. The molecule has 3 nitrogen and oxygen atoms in total. The topological polar surface area (TPSA) is 49.6 Å². The van der Waals surface area contributed by atoms with Gasteiger partial charge in [0.05, 0.1) is 6.20 Å². The molecule has 0 aliphatic heterocycles. The number of fused-ring (bicyclic) bond motifs is 1. The van der Waals surface area contributed by atoms with E-state index in [0.717, 1.165) is 16.3 Å². The number of benzene rings is 2. The zero-order chi connectivity index (χ0) is 13.2. The van der Waals surface area contributed by atoms with Crippen molar-refractivity contribution in [3.05, 3.63) is 59.4 Å². The van der Waals surface area contributed by atoms with Crippen LogP contribution in [0.25, 0.3) is 22.2 Å². The van der Waals surface area contributed by atoms with Gasteiger partial charge in [0.2, 0.25) is 0 Å². The molecule has 0 unspecified atom stereocenters. The number of rotatable bonds is 1. The molecular formula is C15H8ClN3. The minimum absolute atomic E-state index is 0.181. The summed E-state index contributed by atoms with van der Waals surface area (Å²) in [7, 11) is 0. The maximum Gasteiger partial charge on any atom is 0.160 e. The third-order valence-corrected chi connectivity index (χ3v) is 3.16. The molecule has 0 saturated carbocycles. The van der Waals surface area contributed by atoms with Gasteiger partial charge in [-0.25, -0.2) is 9.97 Å². The summed E-state index contributed by atoms with van der Waals surface area (Å²) in [5, 5.41) is 11.3. The third-order valence-electron chi connectivity index (χ3n) is 2.87. The molecule has 0 N–H and O–H groups in total. The smallest absolute Gasteiger partial charge is 0.160 e. The van der Waals surface area contributed by atoms with E-state index in [2.05, 4.69) is 9.97 Å². The minimum Gasteiger partial charge on any atom is -0.235 e. The molecule has 0 amide bonds. The number of hydrogen-bond acceptors (Lipinski definition) is 3. The summed E-state index contributed by atoms with van der Waals surface area (Å²) in [6.45, 7) is 0. The molecule has 1 heterocycles. The highest BCUT2D eigenvalue weighted by molar-refractivity contribution is 6.30. The molecular weight excluding hydrogens is 258 g/mol. The molecule has 0 spiro atoms. The van der Waals surface area contributed by atoms with Crippen LogP contribution in [-0.4, -0.2) is 9.97 Å². The van der Waals surface area contributed by atoms with Gasteiger partial charge in [0.1, 0.15) is 11.6 Å². The molecule has 3 aromatic rings. The Morgan fingerprint density at radius 1 is 1.05 bits per heavy atom. The third kappa shape index (κ3) is 2.14. The van der Waals surface area contributed by atoms with E-state index < -0.39 is 0 Å². The second-order valence-corrected chi connectivity index (χ2v) is 4.43. The highest BCUT2D eigenvalue weighted by Gasteiger charge is 2.07. The zero-order valence-corrected chi connectivity index (χ0v) is 10.6. The van der Waals surface area contributed by atoms with E-state index in [1.54, 1.807) is 0 Å². The monoisotopic (exact) mass is 265 g/mol. The summed E-state index contributed by atoms with van der Waals surface area (Å²) in [4.78, 5) is 8.32. The van der Waals surface area contributed by atoms with Gasteiger partial charge in [0.15, 0.2) is 11.0 Å². The standard InChI is InChI=1S/C15H8ClN3/c16-14-13(8-17)9-18-15(19-14)12-6-5-10-3-1-2-4-11(10)7-12/h1-7,9H. The SMILES string of the molecule is N#Cc1cnc(-c2ccc3ccccc3c2)nc1Cl. The van der Waals surface area contributed by atoms with Crippen LogP contribution in [0, 0.1) is 11.3 Å². The van der Waals surface area contributed by atoms with Crippen molar-refractivity contribution < 1.29 is 0 Å². The summed E-state index contributed by atoms with van der Waals surface area (Å²) in [5.41, 5.74) is 1.16. The van der Waals surface area contributed by atoms with E-state index in [9.17, 15) is 0 Å². The first-order chi connectivity index (χ1) is 9.28. The maximum atomic E-state index is 8.81. The van der Waals surface area contributed by atoms with Gasteiger partial charge in [-0.1, -0.05) is 48.0 Å². The van der Waals surface area contributed by atoms with Crippen molar-refractivity contribution in [2.75, 3.05) is 0 Å². The molecule has 0 bridgehead atoms. The first-order valence-corrected chi connectivity index (χ1v) is 6.07. The molecule has 0 fully saturated rings. The molecule has 1 aromatic heterocycles. The average Bonchev–Trinajstić information content (AvgIpc) is 2.46. The van der Waals surface area contributed by atoms with Crippen LogP contribution in [0.5, 0.6) is 0 Å². The fourth-order valence-corrected chi connectivity index (χ4v) is 2.07. The fourth-order valence-electron chi connectivity index (χ4n) is 1.90. The Hall–Kier alpha value is -2.44. The lowest BCUT2D eigenvalue weighted by Gasteiger charge is -2.03. The molecule has 2 aromatic carbocycles. The quantitative estimate of drug-likeness (QED) is 0.629. The predicted octanol–water partition coefficient (Wildman–Crippen LogP) is 3.82. The van der Waals surface area contributed by atoms with Crippen molar-refractivity contribution in [2.45, 2.75) is 0 Å². The first-order valence-electron chi connectivity index (χ1n) is 5.70. The van der Waals surface area contributed by atoms with Gasteiger partial charge >= 0.3 is 0 Å². The Bertz CT molecular complexity index is 806. The van der Waals surface area contributed by atoms with Crippen LogP contribution in [0.2, 0.25) is 5.15 Å². The van der Waals surface area contributed by atoms with E-state index >= 15 is 0 Å². The lowest BCUT2D eigenvalue weighted by atomic mass is 10.1. The Morgan fingerprint density at radius 3 is 2.58 bits per heavy atom. The van der Waals surface area contributed by atoms with Gasteiger partial charge in [0, 0.05) is 5.56 Å². The van der Waals surface area contributed by atoms with Crippen LogP contribution in [0.3, 0.4) is 0 Å². The summed E-state index contributed by atoms with van der Waals surface area (Å²) in [6.07, 6.45) is 1.44. The lowest BCUT2D eigenvalue weighted by Crippen LogP contribution is -1.92. The van der Waals surface area contributed by atoms with Gasteiger partial charge in [0.25, 0.3) is 0 Å². The lowest BCUT2D eigenvalue weighted by molar-refractivity contribution is 1.16. The fraction of sp³-hybridized carbons (Fsp3) is 0. The second-order valence-electron chi connectivity index (χ2n) is 4.07. The van der Waals surface area contributed by atoms with Crippen molar-refractivity contribution in [3.63, 3.8) is 0 Å². The van der Waals surface area contributed by atoms with Crippen LogP contribution in [-0.2, 0) is 0 Å². The summed E-state index contributed by atoms with van der Waals surface area (Å²) >= 11 is 5.92. The Labute approximate surface area is 115 Å². The van der Waals surface area contributed by atoms with Crippen LogP contribution < -0.4 is 0 Å². The van der Waals surface area contributed by atoms with Gasteiger partial charge in [-0.05, 0) is 16.8 Å². The molecule has 3 rings (SSSR count). The molecule has 0 aliphatic carbocycles. The number of hydrogen-bond donors (Lipinski definition) is 0. The van der Waals surface area contributed by atoms with Crippen LogP contribution in [0.1, 0.15) is 5.56 Å². The zero-order valence-electron chi connectivity index (χ0n) is 9.84. The van der Waals surface area contributed by atoms with Crippen LogP contribution in [0.15, 0.2) is 48.7 Å². The Kier molecular flexibility index (Phi) is 2.86. The van der Waals surface area contributed by atoms with Crippen molar-refractivity contribution in [3.8, 4) is 17.5 Å². The van der Waals surface area contributed by atoms with Gasteiger partial charge in [-0.15, -0.1) is 0 Å². The predicted molar refractivity (Wildman–Crippen MR) is 74.7 cm³/mol. The van der Waals surface area contributed by atoms with E-state index in [1.807, 2.05) is 48.5 Å². The van der Waals surface area contributed by atoms with Gasteiger partial charge in [-0.3, -0.25) is 0 Å². The molecule has 19 heavy (non-hydrogen) atoms. The Balaban J connectivity index is 2.14. The highest BCUT2D eigenvalue weighted by atomic mass is 35.5. The van der Waals surface area contributed by atoms with Crippen molar-refractivity contribution in [1.82, 2.24) is 9.97 Å². The maximum absolute atomic E-state index is 8.81. The van der Waals surface area contributed by atoms with Crippen LogP contribution >= 0.6 is 11.6 Å². The van der Waals surface area contributed by atoms with Crippen molar-refractivity contribution >= 4 is 22.4 Å². The number of aromatic nitrogens is 2. The molecule has 0 radical (unpaired) electrons. The molecule has 0 atom stereocenters. The molecule has 0 aliphatic rings. The van der Waals surface area contributed by atoms with Gasteiger partial charge < -0.3 is 0 Å². The molecule has 90 valence electrons. The molecule has 0 saturated heterocycles. The summed E-state index contributed by atoms with van der Waals surface area (Å²) < 4.78 is 0. The highest BCUT2D eigenvalue weighted by Crippen LogP contribution is 2.23. The minimum atomic E-state index is 0.181. The summed E-state index contributed by atoms with van der Waals surface area (Å²) in [5.74, 6) is 0.523. The van der Waals surface area contributed by atoms with Crippen LogP contribution in [0.4, 0.5) is 0 Å². The molecule has 4 heteroatoms. The van der Waals surface area contributed by atoms with Crippen molar-refractivity contribution in [2.24, 2.45) is 0 Å². The number of nitrogens with zero attached hydrogens (tertiary/aromatic N) is 3. The second kappa shape index (κ2) is 4.68. The average molecular weight is 266 g/mol. The first kappa shape index (κ1) is 11.6. The number of halogens is 1. The normalized spacial score (nSPS) is 10.3. The van der Waals surface area contributed by atoms with E-state index in [4.69, 9.17) is 16.9 Å². The van der Waals surface area contributed by atoms with Gasteiger partial charge in [-0.2, -0.15) is 5.26 Å². The largest absolute Gasteiger partial charge is 0.235 e.